The van der Waals surface area contributed by atoms with Gasteiger partial charge in [-0.05, 0) is 57.6 Å². The molecule has 32 heavy (non-hydrogen) atoms. The molecule has 8 heteroatoms. The molecule has 4 rings (SSSR count). The van der Waals surface area contributed by atoms with E-state index in [0.717, 1.165) is 25.7 Å². The number of fused-ring (bicyclic) bond motifs is 1. The van der Waals surface area contributed by atoms with Crippen LogP contribution in [0, 0.1) is 5.92 Å². The number of rotatable bonds is 5. The van der Waals surface area contributed by atoms with Crippen LogP contribution in [0.25, 0.3) is 11.0 Å². The highest BCUT2D eigenvalue weighted by molar-refractivity contribution is 6.01. The summed E-state index contributed by atoms with van der Waals surface area (Å²) in [7, 11) is 0. The summed E-state index contributed by atoms with van der Waals surface area (Å²) in [5.41, 5.74) is -0.289. The van der Waals surface area contributed by atoms with E-state index < -0.39 is 11.5 Å². The summed E-state index contributed by atoms with van der Waals surface area (Å²) in [4.78, 5) is 33.2. The van der Waals surface area contributed by atoms with Gasteiger partial charge in [-0.15, -0.1) is 0 Å². The van der Waals surface area contributed by atoms with Gasteiger partial charge in [0.15, 0.2) is 0 Å². The van der Waals surface area contributed by atoms with Crippen molar-refractivity contribution in [1.29, 1.82) is 0 Å². The molecule has 3 heterocycles. The standard InChI is InChI=1S/C24H34N4O4/c1-15-6-8-18(9-7-15)26-23(30)20-21(29)19-5-4-10-25-22(19)28(24(20)31)12-11-27-16(2)13-32-14-17(27)3/h4-5,10,15-18,29H,6-9,11-14H2,1-3H3,(H,26,30)/t15?,16-,17-,18?/m1/s1. The molecular weight excluding hydrogens is 408 g/mol. The van der Waals surface area contributed by atoms with Gasteiger partial charge in [0.2, 0.25) is 0 Å². The molecule has 2 aliphatic rings. The number of carbonyl (C=O) groups is 1. The molecule has 8 nitrogen and oxygen atoms in total. The van der Waals surface area contributed by atoms with Crippen LogP contribution in [0.2, 0.25) is 0 Å². The Hall–Kier alpha value is -2.45. The molecule has 0 bridgehead atoms. The van der Waals surface area contributed by atoms with Crippen molar-refractivity contribution in [2.45, 2.75) is 71.1 Å². The third-order valence-corrected chi connectivity index (χ3v) is 7.00. The fourth-order valence-corrected chi connectivity index (χ4v) is 5.03. The number of aromatic hydroxyl groups is 1. The van der Waals surface area contributed by atoms with Crippen LogP contribution in [0.15, 0.2) is 23.1 Å². The summed E-state index contributed by atoms with van der Waals surface area (Å²) in [6.45, 7) is 8.75. The Morgan fingerprint density at radius 1 is 1.16 bits per heavy atom. The smallest absolute Gasteiger partial charge is 0.268 e. The van der Waals surface area contributed by atoms with Gasteiger partial charge in [0.25, 0.3) is 11.5 Å². The lowest BCUT2D eigenvalue weighted by atomic mass is 9.87. The molecule has 0 aromatic carbocycles. The first-order valence-electron chi connectivity index (χ1n) is 11.7. The first-order valence-corrected chi connectivity index (χ1v) is 11.7. The van der Waals surface area contributed by atoms with E-state index in [2.05, 4.69) is 36.0 Å². The topological polar surface area (TPSA) is 96.7 Å². The Morgan fingerprint density at radius 2 is 1.84 bits per heavy atom. The van der Waals surface area contributed by atoms with Gasteiger partial charge in [-0.2, -0.15) is 0 Å². The second-order valence-corrected chi connectivity index (χ2v) is 9.46. The Bertz CT molecular complexity index is 1020. The van der Waals surface area contributed by atoms with E-state index in [1.54, 1.807) is 18.3 Å². The predicted octanol–water partition coefficient (Wildman–Crippen LogP) is 2.52. The van der Waals surface area contributed by atoms with Gasteiger partial charge in [0, 0.05) is 37.4 Å². The van der Waals surface area contributed by atoms with Crippen molar-refractivity contribution in [2.75, 3.05) is 19.8 Å². The number of hydrogen-bond donors (Lipinski definition) is 2. The highest BCUT2D eigenvalue weighted by atomic mass is 16.5. The largest absolute Gasteiger partial charge is 0.506 e. The van der Waals surface area contributed by atoms with E-state index in [1.807, 2.05) is 0 Å². The highest BCUT2D eigenvalue weighted by Crippen LogP contribution is 2.27. The van der Waals surface area contributed by atoms with Gasteiger partial charge < -0.3 is 15.2 Å². The van der Waals surface area contributed by atoms with E-state index in [4.69, 9.17) is 4.74 Å². The van der Waals surface area contributed by atoms with Crippen molar-refractivity contribution >= 4 is 16.9 Å². The van der Waals surface area contributed by atoms with E-state index in [1.165, 1.54) is 4.57 Å². The highest BCUT2D eigenvalue weighted by Gasteiger charge is 2.28. The van der Waals surface area contributed by atoms with Gasteiger partial charge in [-0.1, -0.05) is 6.92 Å². The quantitative estimate of drug-likeness (QED) is 0.739. The van der Waals surface area contributed by atoms with E-state index in [0.29, 0.717) is 43.3 Å². The second-order valence-electron chi connectivity index (χ2n) is 9.46. The molecule has 0 radical (unpaired) electrons. The monoisotopic (exact) mass is 442 g/mol. The molecule has 1 aliphatic carbocycles. The van der Waals surface area contributed by atoms with Crippen LogP contribution < -0.4 is 10.9 Å². The molecule has 1 amide bonds. The molecule has 2 aromatic heterocycles. The average Bonchev–Trinajstić information content (AvgIpc) is 2.77. The van der Waals surface area contributed by atoms with Crippen molar-refractivity contribution in [2.24, 2.45) is 5.92 Å². The van der Waals surface area contributed by atoms with Crippen LogP contribution in [0.1, 0.15) is 56.8 Å². The number of morpholine rings is 1. The number of aromatic nitrogens is 2. The third-order valence-electron chi connectivity index (χ3n) is 7.00. The lowest BCUT2D eigenvalue weighted by Crippen LogP contribution is -2.51. The van der Waals surface area contributed by atoms with Gasteiger partial charge in [0.05, 0.1) is 18.6 Å². The first kappa shape index (κ1) is 22.7. The number of carbonyl (C=O) groups excluding carboxylic acids is 1. The summed E-state index contributed by atoms with van der Waals surface area (Å²) in [6.07, 6.45) is 5.49. The maximum atomic E-state index is 13.4. The van der Waals surface area contributed by atoms with Crippen LogP contribution in [-0.2, 0) is 11.3 Å². The summed E-state index contributed by atoms with van der Waals surface area (Å²) >= 11 is 0. The van der Waals surface area contributed by atoms with Crippen LogP contribution in [0.5, 0.6) is 5.75 Å². The molecule has 0 spiro atoms. The molecule has 1 saturated carbocycles. The fourth-order valence-electron chi connectivity index (χ4n) is 5.03. The van der Waals surface area contributed by atoms with Crippen molar-refractivity contribution in [3.05, 3.63) is 34.2 Å². The predicted molar refractivity (Wildman–Crippen MR) is 123 cm³/mol. The van der Waals surface area contributed by atoms with Crippen molar-refractivity contribution in [3.63, 3.8) is 0 Å². The zero-order chi connectivity index (χ0) is 22.8. The fraction of sp³-hybridized carbons (Fsp3) is 0.625. The van der Waals surface area contributed by atoms with Crippen molar-refractivity contribution in [3.8, 4) is 5.75 Å². The minimum absolute atomic E-state index is 0.0330. The molecule has 2 atom stereocenters. The van der Waals surface area contributed by atoms with Crippen molar-refractivity contribution < 1.29 is 14.6 Å². The third kappa shape index (κ3) is 4.52. The minimum atomic E-state index is -0.500. The Labute approximate surface area is 188 Å². The van der Waals surface area contributed by atoms with Crippen LogP contribution in [0.4, 0.5) is 0 Å². The van der Waals surface area contributed by atoms with Gasteiger partial charge in [0.1, 0.15) is 17.0 Å². The summed E-state index contributed by atoms with van der Waals surface area (Å²) in [5, 5.41) is 14.3. The zero-order valence-electron chi connectivity index (χ0n) is 19.2. The van der Waals surface area contributed by atoms with Crippen LogP contribution in [-0.4, -0.2) is 63.3 Å². The number of pyridine rings is 2. The number of hydrogen-bond acceptors (Lipinski definition) is 6. The molecular formula is C24H34N4O4. The van der Waals surface area contributed by atoms with E-state index in [-0.39, 0.29) is 29.4 Å². The van der Waals surface area contributed by atoms with Gasteiger partial charge >= 0.3 is 0 Å². The normalized spacial score (nSPS) is 26.8. The Balaban J connectivity index is 1.65. The van der Waals surface area contributed by atoms with Crippen molar-refractivity contribution in [1.82, 2.24) is 19.8 Å². The lowest BCUT2D eigenvalue weighted by molar-refractivity contribution is -0.0377. The Morgan fingerprint density at radius 3 is 2.53 bits per heavy atom. The average molecular weight is 443 g/mol. The number of amides is 1. The van der Waals surface area contributed by atoms with Gasteiger partial charge in [-0.3, -0.25) is 19.1 Å². The van der Waals surface area contributed by atoms with Gasteiger partial charge in [-0.25, -0.2) is 4.98 Å². The van der Waals surface area contributed by atoms with Crippen LogP contribution >= 0.6 is 0 Å². The summed E-state index contributed by atoms with van der Waals surface area (Å²) in [6, 6.07) is 3.91. The number of nitrogens with one attached hydrogen (secondary N) is 1. The molecule has 174 valence electrons. The molecule has 2 aromatic rings. The number of ether oxygens (including phenoxy) is 1. The maximum Gasteiger partial charge on any atom is 0.268 e. The molecule has 0 unspecified atom stereocenters. The SMILES string of the molecule is CC1CCC(NC(=O)c2c(O)c3cccnc3n(CCN3[C@H](C)COC[C@H]3C)c2=O)CC1. The summed E-state index contributed by atoms with van der Waals surface area (Å²) < 4.78 is 7.14. The molecule has 2 fully saturated rings. The lowest BCUT2D eigenvalue weighted by Gasteiger charge is -2.38. The first-order chi connectivity index (χ1) is 15.4. The van der Waals surface area contributed by atoms with Crippen LogP contribution in [0.3, 0.4) is 0 Å². The molecule has 1 aliphatic heterocycles. The molecule has 1 saturated heterocycles. The second kappa shape index (κ2) is 9.58. The Kier molecular flexibility index (Phi) is 6.81. The van der Waals surface area contributed by atoms with E-state index >= 15 is 0 Å². The zero-order valence-corrected chi connectivity index (χ0v) is 19.2. The van der Waals surface area contributed by atoms with E-state index in [9.17, 15) is 14.7 Å². The number of nitrogens with zero attached hydrogens (tertiary/aromatic N) is 3. The molecule has 2 N–H and O–H groups in total. The minimum Gasteiger partial charge on any atom is -0.506 e. The maximum absolute atomic E-state index is 13.4. The summed E-state index contributed by atoms with van der Waals surface area (Å²) in [5.74, 6) is -0.130.